The fourth-order valence-electron chi connectivity index (χ4n) is 2.06. The number of hydrogen-bond acceptors (Lipinski definition) is 6. The number of rotatable bonds is 4. The van der Waals surface area contributed by atoms with E-state index in [1.54, 1.807) is 65.8 Å². The minimum absolute atomic E-state index is 0.112. The highest BCUT2D eigenvalue weighted by Crippen LogP contribution is 2.18. The second-order valence-electron chi connectivity index (χ2n) is 8.09. The van der Waals surface area contributed by atoms with Crippen molar-refractivity contribution in [2.45, 2.75) is 65.2 Å². The van der Waals surface area contributed by atoms with Crippen LogP contribution in [0.5, 0.6) is 0 Å². The summed E-state index contributed by atoms with van der Waals surface area (Å²) in [5.41, 5.74) is 5.65. The Bertz CT molecular complexity index is 689. The van der Waals surface area contributed by atoms with Gasteiger partial charge in [-0.05, 0) is 59.6 Å². The first-order chi connectivity index (χ1) is 12.3. The van der Waals surface area contributed by atoms with Gasteiger partial charge in [-0.3, -0.25) is 15.4 Å². The largest absolute Gasteiger partial charge is 0.444 e. The monoisotopic (exact) mass is 379 g/mol. The summed E-state index contributed by atoms with van der Waals surface area (Å²) in [7, 11) is 0. The third-order valence-corrected chi connectivity index (χ3v) is 3.05. The number of alkyl carbamates (subject to hydrolysis) is 1. The number of nitrogens with one attached hydrogen (secondary N) is 2. The molecule has 1 rings (SSSR count). The van der Waals surface area contributed by atoms with Crippen LogP contribution < -0.4 is 16.4 Å². The molecule has 0 saturated heterocycles. The molecular weight excluding hydrogens is 350 g/mol. The lowest BCUT2D eigenvalue weighted by Crippen LogP contribution is -2.46. The van der Waals surface area contributed by atoms with Crippen LogP contribution in [0.4, 0.5) is 15.3 Å². The predicted molar refractivity (Wildman–Crippen MR) is 102 cm³/mol. The zero-order valence-corrected chi connectivity index (χ0v) is 16.7. The number of carbonyl (C=O) groups excluding carboxylic acids is 3. The first kappa shape index (κ1) is 22.4. The summed E-state index contributed by atoms with van der Waals surface area (Å²) in [5.74, 6) is -0.670. The maximum atomic E-state index is 12.1. The lowest BCUT2D eigenvalue weighted by atomic mass is 10.0. The normalized spacial score (nSPS) is 12.7. The number of para-hydroxylation sites is 1. The van der Waals surface area contributed by atoms with Gasteiger partial charge in [0.15, 0.2) is 0 Å². The van der Waals surface area contributed by atoms with Crippen molar-refractivity contribution in [3.63, 3.8) is 0 Å². The van der Waals surface area contributed by atoms with Crippen molar-refractivity contribution in [2.75, 3.05) is 5.32 Å². The molecule has 1 unspecified atom stereocenters. The molecule has 4 N–H and O–H groups in total. The Morgan fingerprint density at radius 3 is 2.04 bits per heavy atom. The van der Waals surface area contributed by atoms with Crippen molar-refractivity contribution in [2.24, 2.45) is 5.73 Å². The number of hydrogen-bond donors (Lipinski definition) is 3. The zero-order valence-electron chi connectivity index (χ0n) is 16.7. The van der Waals surface area contributed by atoms with Crippen molar-refractivity contribution >= 4 is 23.8 Å². The predicted octanol–water partition coefficient (Wildman–Crippen LogP) is 2.95. The van der Waals surface area contributed by atoms with Crippen molar-refractivity contribution in [3.05, 3.63) is 29.8 Å². The van der Waals surface area contributed by atoms with Crippen LogP contribution in [0.25, 0.3) is 0 Å². The first-order valence-electron chi connectivity index (χ1n) is 8.64. The number of imide groups is 1. The summed E-state index contributed by atoms with van der Waals surface area (Å²) in [6.07, 6.45) is -1.36. The molecule has 1 atom stereocenters. The summed E-state index contributed by atoms with van der Waals surface area (Å²) < 4.78 is 10.3. The van der Waals surface area contributed by atoms with Crippen LogP contribution in [0.2, 0.25) is 0 Å². The Morgan fingerprint density at radius 1 is 0.963 bits per heavy atom. The average Bonchev–Trinajstić information content (AvgIpc) is 2.45. The van der Waals surface area contributed by atoms with Crippen molar-refractivity contribution in [3.8, 4) is 0 Å². The van der Waals surface area contributed by atoms with Gasteiger partial charge in [0.2, 0.25) is 5.91 Å². The van der Waals surface area contributed by atoms with E-state index in [9.17, 15) is 14.4 Å². The molecule has 0 aliphatic heterocycles. The van der Waals surface area contributed by atoms with E-state index in [4.69, 9.17) is 15.2 Å². The summed E-state index contributed by atoms with van der Waals surface area (Å²) in [5, 5.41) is 4.75. The van der Waals surface area contributed by atoms with Gasteiger partial charge in [0, 0.05) is 5.69 Å². The fourth-order valence-corrected chi connectivity index (χ4v) is 2.06. The van der Waals surface area contributed by atoms with Gasteiger partial charge in [0.25, 0.3) is 0 Å². The Labute approximate surface area is 159 Å². The van der Waals surface area contributed by atoms with Gasteiger partial charge in [-0.1, -0.05) is 18.2 Å². The zero-order chi connectivity index (χ0) is 20.8. The first-order valence-corrected chi connectivity index (χ1v) is 8.64. The van der Waals surface area contributed by atoms with Gasteiger partial charge >= 0.3 is 12.2 Å². The van der Waals surface area contributed by atoms with Gasteiger partial charge < -0.3 is 15.2 Å². The molecule has 0 spiro atoms. The molecule has 1 aromatic carbocycles. The van der Waals surface area contributed by atoms with E-state index in [-0.39, 0.29) is 6.42 Å². The minimum Gasteiger partial charge on any atom is -0.444 e. The summed E-state index contributed by atoms with van der Waals surface area (Å²) in [6, 6.07) is 5.90. The molecule has 0 heterocycles. The molecule has 0 radical (unpaired) electrons. The van der Waals surface area contributed by atoms with Crippen LogP contribution in [0, 0.1) is 0 Å². The molecule has 0 bridgehead atoms. The van der Waals surface area contributed by atoms with Gasteiger partial charge in [-0.25, -0.2) is 9.59 Å². The molecule has 8 nitrogen and oxygen atoms in total. The van der Waals surface area contributed by atoms with Crippen LogP contribution in [0.15, 0.2) is 24.3 Å². The van der Waals surface area contributed by atoms with Gasteiger partial charge in [0.05, 0.1) is 6.04 Å². The molecule has 3 amide bonds. The quantitative estimate of drug-likeness (QED) is 0.740. The Kier molecular flexibility index (Phi) is 7.36. The highest BCUT2D eigenvalue weighted by atomic mass is 16.6. The van der Waals surface area contributed by atoms with Crippen LogP contribution >= 0.6 is 0 Å². The summed E-state index contributed by atoms with van der Waals surface area (Å²) in [6.45, 7) is 10.3. The number of ether oxygens (including phenoxy) is 2. The van der Waals surface area contributed by atoms with Crippen LogP contribution in [-0.4, -0.2) is 35.3 Å². The Hall–Kier alpha value is -2.61. The number of carbonyl (C=O) groups is 3. The Balaban J connectivity index is 2.74. The standard InChI is InChI=1S/C19H29N3O5/c1-18(2,3)26-16(24)21-14-10-8-7-9-12(14)11-13(20)15(23)22-17(25)27-19(4,5)6/h7-10,13H,11,20H2,1-6H3,(H,21,24)(H,22,23,25). The summed E-state index contributed by atoms with van der Waals surface area (Å²) >= 11 is 0. The van der Waals surface area contributed by atoms with Gasteiger partial charge in [-0.15, -0.1) is 0 Å². The van der Waals surface area contributed by atoms with E-state index in [0.29, 0.717) is 11.3 Å². The number of benzene rings is 1. The molecule has 0 aliphatic carbocycles. The number of nitrogens with two attached hydrogens (primary N) is 1. The third kappa shape index (κ3) is 9.05. The van der Waals surface area contributed by atoms with Crippen LogP contribution in [0.3, 0.4) is 0 Å². The van der Waals surface area contributed by atoms with E-state index in [1.165, 1.54) is 0 Å². The van der Waals surface area contributed by atoms with E-state index >= 15 is 0 Å². The number of anilines is 1. The topological polar surface area (TPSA) is 120 Å². The van der Waals surface area contributed by atoms with Crippen LogP contribution in [-0.2, 0) is 20.7 Å². The number of amides is 3. The van der Waals surface area contributed by atoms with Crippen molar-refractivity contribution in [1.82, 2.24) is 5.32 Å². The molecule has 27 heavy (non-hydrogen) atoms. The molecule has 0 aromatic heterocycles. The molecule has 1 aromatic rings. The lowest BCUT2D eigenvalue weighted by Gasteiger charge is -2.21. The van der Waals surface area contributed by atoms with Crippen molar-refractivity contribution in [1.29, 1.82) is 0 Å². The molecule has 8 heteroatoms. The SMILES string of the molecule is CC(C)(C)OC(=O)NC(=O)C(N)Cc1ccccc1NC(=O)OC(C)(C)C. The highest BCUT2D eigenvalue weighted by Gasteiger charge is 2.23. The third-order valence-electron chi connectivity index (χ3n) is 3.05. The molecule has 0 aliphatic rings. The van der Waals surface area contributed by atoms with Gasteiger partial charge in [-0.2, -0.15) is 0 Å². The van der Waals surface area contributed by atoms with Crippen LogP contribution in [0.1, 0.15) is 47.1 Å². The molecule has 150 valence electrons. The Morgan fingerprint density at radius 2 is 1.48 bits per heavy atom. The van der Waals surface area contributed by atoms with Crippen molar-refractivity contribution < 1.29 is 23.9 Å². The lowest BCUT2D eigenvalue weighted by molar-refractivity contribution is -0.121. The van der Waals surface area contributed by atoms with E-state index < -0.39 is 35.3 Å². The summed E-state index contributed by atoms with van der Waals surface area (Å²) in [4.78, 5) is 35.8. The smallest absolute Gasteiger partial charge is 0.414 e. The second kappa shape index (κ2) is 8.85. The maximum absolute atomic E-state index is 12.1. The molecule has 0 fully saturated rings. The van der Waals surface area contributed by atoms with E-state index in [1.807, 2.05) is 0 Å². The average molecular weight is 379 g/mol. The van der Waals surface area contributed by atoms with E-state index in [0.717, 1.165) is 0 Å². The fraction of sp³-hybridized carbons (Fsp3) is 0.526. The molecule has 0 saturated carbocycles. The second-order valence-corrected chi connectivity index (χ2v) is 8.09. The molecular formula is C19H29N3O5. The van der Waals surface area contributed by atoms with E-state index in [2.05, 4.69) is 10.6 Å². The highest BCUT2D eigenvalue weighted by molar-refractivity contribution is 5.95. The van der Waals surface area contributed by atoms with Gasteiger partial charge in [0.1, 0.15) is 11.2 Å². The minimum atomic E-state index is -1.00. The maximum Gasteiger partial charge on any atom is 0.414 e.